The molecule has 0 atom stereocenters. The van der Waals surface area contributed by atoms with E-state index in [4.69, 9.17) is 26.8 Å². The minimum Gasteiger partial charge on any atom is -0.454 e. The number of carbonyl (C=O) groups is 1. The van der Waals surface area contributed by atoms with Gasteiger partial charge in [-0.05, 0) is 89.8 Å². The summed E-state index contributed by atoms with van der Waals surface area (Å²) in [4.78, 5) is 17.4. The number of benzene rings is 2. The molecule has 7 heteroatoms. The Bertz CT molecular complexity index is 1380. The molecule has 2 heterocycles. The Hall–Kier alpha value is -3.40. The molecule has 1 aliphatic heterocycles. The molecule has 1 aromatic heterocycles. The topological polar surface area (TPSA) is 98.2 Å². The fraction of sp³-hybridized carbons (Fsp3) is 0.367. The normalized spacial score (nSPS) is 16.7. The Morgan fingerprint density at radius 1 is 1.11 bits per heavy atom. The van der Waals surface area contributed by atoms with Crippen molar-refractivity contribution in [3.63, 3.8) is 0 Å². The molecular formula is C30H32ClN3O3. The maximum absolute atomic E-state index is 13.1. The number of pyridine rings is 1. The van der Waals surface area contributed by atoms with Gasteiger partial charge < -0.3 is 15.2 Å². The summed E-state index contributed by atoms with van der Waals surface area (Å²) in [5, 5.41) is 10.2. The Balaban J connectivity index is 1.55. The Kier molecular flexibility index (Phi) is 7.32. The number of halogens is 1. The minimum absolute atomic E-state index is 0.0398. The van der Waals surface area contributed by atoms with Gasteiger partial charge >= 0.3 is 0 Å². The average molecular weight is 518 g/mol. The molecule has 0 amide bonds. The number of ether oxygens (including phenoxy) is 2. The van der Waals surface area contributed by atoms with E-state index in [-0.39, 0.29) is 22.9 Å². The third kappa shape index (κ3) is 6.12. The zero-order valence-electron chi connectivity index (χ0n) is 21.9. The first kappa shape index (κ1) is 26.7. The van der Waals surface area contributed by atoms with Crippen LogP contribution in [-0.2, 0) is 4.74 Å². The lowest BCUT2D eigenvalue weighted by Gasteiger charge is -2.45. The molecule has 6 nitrogen and oxygen atoms in total. The first-order chi connectivity index (χ1) is 17.4. The average Bonchev–Trinajstić information content (AvgIpc) is 2.78. The van der Waals surface area contributed by atoms with Crippen LogP contribution in [-0.4, -0.2) is 22.0 Å². The van der Waals surface area contributed by atoms with E-state index in [2.05, 4.69) is 38.7 Å². The molecule has 0 saturated carbocycles. The number of nitrogen functional groups attached to an aromatic ring is 1. The van der Waals surface area contributed by atoms with Gasteiger partial charge in [0.2, 0.25) is 0 Å². The highest BCUT2D eigenvalue weighted by molar-refractivity contribution is 6.32. The van der Waals surface area contributed by atoms with Crippen LogP contribution >= 0.6 is 11.6 Å². The van der Waals surface area contributed by atoms with E-state index in [1.54, 1.807) is 30.3 Å². The zero-order valence-corrected chi connectivity index (χ0v) is 22.6. The monoisotopic (exact) mass is 517 g/mol. The van der Waals surface area contributed by atoms with E-state index < -0.39 is 0 Å². The summed E-state index contributed by atoms with van der Waals surface area (Å²) in [6.07, 6.45) is 2.09. The van der Waals surface area contributed by atoms with Gasteiger partial charge in [-0.25, -0.2) is 4.98 Å². The number of carbonyl (C=O) groups excluding carboxylic acids is 1. The molecule has 0 unspecified atom stereocenters. The lowest BCUT2D eigenvalue weighted by Crippen LogP contribution is -2.45. The second-order valence-electron chi connectivity index (χ2n) is 10.9. The van der Waals surface area contributed by atoms with E-state index in [0.29, 0.717) is 51.1 Å². The summed E-state index contributed by atoms with van der Waals surface area (Å²) in [6, 6.07) is 16.2. The van der Waals surface area contributed by atoms with Crippen molar-refractivity contribution in [2.24, 2.45) is 5.92 Å². The van der Waals surface area contributed by atoms with Crippen molar-refractivity contribution in [1.82, 2.24) is 4.98 Å². The summed E-state index contributed by atoms with van der Waals surface area (Å²) in [5.41, 5.74) is 8.35. The minimum atomic E-state index is -0.268. The van der Waals surface area contributed by atoms with E-state index >= 15 is 0 Å². The molecule has 1 saturated heterocycles. The molecule has 4 rings (SSSR count). The molecule has 37 heavy (non-hydrogen) atoms. The SMILES string of the molecule is Cc1nc(N)ccc1-c1cccc(Oc2ccc(C(=O)CC3CC(C)(C)OC(C)(C)C3)cc2Cl)c1C#N. The van der Waals surface area contributed by atoms with Crippen molar-refractivity contribution in [3.8, 4) is 28.7 Å². The maximum atomic E-state index is 13.1. The van der Waals surface area contributed by atoms with Crippen molar-refractivity contribution in [2.45, 2.75) is 65.1 Å². The number of anilines is 1. The Morgan fingerprint density at radius 2 is 1.81 bits per heavy atom. The van der Waals surface area contributed by atoms with Gasteiger partial charge in [-0.1, -0.05) is 23.7 Å². The van der Waals surface area contributed by atoms with E-state index in [0.717, 1.165) is 18.4 Å². The summed E-state index contributed by atoms with van der Waals surface area (Å²) >= 11 is 6.55. The number of ketones is 1. The molecule has 1 fully saturated rings. The number of Topliss-reactive ketones (excluding diaryl/α,β-unsaturated/α-hetero) is 1. The van der Waals surface area contributed by atoms with Crippen LogP contribution in [0.5, 0.6) is 11.5 Å². The number of nitrogens with two attached hydrogens (primary N) is 1. The molecule has 0 aliphatic carbocycles. The molecule has 0 spiro atoms. The largest absolute Gasteiger partial charge is 0.454 e. The Labute approximate surface area is 223 Å². The fourth-order valence-corrected chi connectivity index (χ4v) is 5.73. The molecule has 1 aliphatic rings. The van der Waals surface area contributed by atoms with E-state index in [1.807, 2.05) is 25.1 Å². The second kappa shape index (κ2) is 10.2. The van der Waals surface area contributed by atoms with Gasteiger partial charge in [0.25, 0.3) is 0 Å². The lowest BCUT2D eigenvalue weighted by atomic mass is 9.78. The molecule has 3 aromatic rings. The van der Waals surface area contributed by atoms with E-state index in [9.17, 15) is 10.1 Å². The smallest absolute Gasteiger partial charge is 0.163 e. The number of rotatable bonds is 6. The summed E-state index contributed by atoms with van der Waals surface area (Å²) in [6.45, 7) is 10.1. The second-order valence-corrected chi connectivity index (χ2v) is 11.3. The van der Waals surface area contributed by atoms with Crippen LogP contribution in [0, 0.1) is 24.2 Å². The van der Waals surface area contributed by atoms with Crippen LogP contribution in [0.4, 0.5) is 5.82 Å². The van der Waals surface area contributed by atoms with Gasteiger partial charge in [0.15, 0.2) is 5.78 Å². The summed E-state index contributed by atoms with van der Waals surface area (Å²) in [5.74, 6) is 1.42. The van der Waals surface area contributed by atoms with Crippen LogP contribution in [0.3, 0.4) is 0 Å². The molecule has 0 radical (unpaired) electrons. The third-order valence-corrected chi connectivity index (χ3v) is 6.89. The van der Waals surface area contributed by atoms with Crippen LogP contribution in [0.25, 0.3) is 11.1 Å². The number of nitrogens with zero attached hydrogens (tertiary/aromatic N) is 2. The number of hydrogen-bond acceptors (Lipinski definition) is 6. The standard InChI is InChI=1S/C30H32ClN3O3/c1-18-21(10-12-28(33)34-18)22-7-6-8-26(23(22)17-32)36-27-11-9-20(14-24(27)31)25(35)13-19-15-29(2,3)37-30(4,5)16-19/h6-12,14,19H,13,15-16H2,1-5H3,(H2,33,34). The quantitative estimate of drug-likeness (QED) is 0.339. The summed E-state index contributed by atoms with van der Waals surface area (Å²) in [7, 11) is 0. The third-order valence-electron chi connectivity index (χ3n) is 6.60. The number of nitriles is 1. The highest BCUT2D eigenvalue weighted by atomic mass is 35.5. The van der Waals surface area contributed by atoms with Crippen LogP contribution in [0.15, 0.2) is 48.5 Å². The first-order valence-electron chi connectivity index (χ1n) is 12.3. The predicted octanol–water partition coefficient (Wildman–Crippen LogP) is 7.51. The highest BCUT2D eigenvalue weighted by Gasteiger charge is 2.39. The molecule has 192 valence electrons. The van der Waals surface area contributed by atoms with Gasteiger partial charge in [0.1, 0.15) is 28.9 Å². The van der Waals surface area contributed by atoms with E-state index in [1.165, 1.54) is 0 Å². The van der Waals surface area contributed by atoms with Gasteiger partial charge in [0, 0.05) is 28.8 Å². The number of hydrogen-bond donors (Lipinski definition) is 1. The molecular weight excluding hydrogens is 486 g/mol. The molecule has 0 bridgehead atoms. The van der Waals surface area contributed by atoms with Crippen molar-refractivity contribution in [2.75, 3.05) is 5.73 Å². The summed E-state index contributed by atoms with van der Waals surface area (Å²) < 4.78 is 12.2. The predicted molar refractivity (Wildman–Crippen MR) is 146 cm³/mol. The van der Waals surface area contributed by atoms with Gasteiger partial charge in [0.05, 0.1) is 16.2 Å². The van der Waals surface area contributed by atoms with Crippen molar-refractivity contribution >= 4 is 23.2 Å². The fourth-order valence-electron chi connectivity index (χ4n) is 5.51. The van der Waals surface area contributed by atoms with Crippen LogP contribution < -0.4 is 10.5 Å². The molecule has 2 aromatic carbocycles. The Morgan fingerprint density at radius 3 is 2.43 bits per heavy atom. The van der Waals surface area contributed by atoms with Gasteiger partial charge in [-0.15, -0.1) is 0 Å². The number of aryl methyl sites for hydroxylation is 1. The van der Waals surface area contributed by atoms with Crippen LogP contribution in [0.2, 0.25) is 5.02 Å². The first-order valence-corrected chi connectivity index (χ1v) is 12.7. The maximum Gasteiger partial charge on any atom is 0.163 e. The van der Waals surface area contributed by atoms with Crippen molar-refractivity contribution in [3.05, 3.63) is 70.4 Å². The highest BCUT2D eigenvalue weighted by Crippen LogP contribution is 2.41. The van der Waals surface area contributed by atoms with Crippen LogP contribution in [0.1, 0.15) is 68.6 Å². The van der Waals surface area contributed by atoms with Crippen molar-refractivity contribution in [1.29, 1.82) is 5.26 Å². The van der Waals surface area contributed by atoms with Crippen molar-refractivity contribution < 1.29 is 14.3 Å². The van der Waals surface area contributed by atoms with Gasteiger partial charge in [-0.3, -0.25) is 4.79 Å². The zero-order chi connectivity index (χ0) is 27.0. The lowest BCUT2D eigenvalue weighted by molar-refractivity contribution is -0.171. The number of aromatic nitrogens is 1. The van der Waals surface area contributed by atoms with Gasteiger partial charge in [-0.2, -0.15) is 5.26 Å². The molecule has 2 N–H and O–H groups in total.